The topological polar surface area (TPSA) is 63.2 Å². The molecule has 0 atom stereocenters. The molecule has 5 nitrogen and oxygen atoms in total. The van der Waals surface area contributed by atoms with Crippen LogP contribution in [0.25, 0.3) is 0 Å². The Morgan fingerprint density at radius 1 is 1.50 bits per heavy atom. The van der Waals surface area contributed by atoms with Gasteiger partial charge in [0.15, 0.2) is 0 Å². The molecule has 1 rings (SSSR count). The van der Waals surface area contributed by atoms with Crippen molar-refractivity contribution in [1.82, 2.24) is 15.6 Å². The Hall–Kier alpha value is -1.62. The van der Waals surface area contributed by atoms with Crippen molar-refractivity contribution in [3.05, 3.63) is 23.9 Å². The summed E-state index contributed by atoms with van der Waals surface area (Å²) in [7, 11) is 3.24. The van der Waals surface area contributed by atoms with Gasteiger partial charge in [0.2, 0.25) is 11.8 Å². The van der Waals surface area contributed by atoms with E-state index in [2.05, 4.69) is 15.6 Å². The molecular formula is C13H21N3O2. The highest BCUT2D eigenvalue weighted by atomic mass is 16.5. The summed E-state index contributed by atoms with van der Waals surface area (Å²) in [6, 6.07) is 3.81. The molecule has 1 heterocycles. The molecule has 1 aromatic heterocycles. The molecule has 1 amide bonds. The minimum atomic E-state index is -0.440. The van der Waals surface area contributed by atoms with E-state index >= 15 is 0 Å². The van der Waals surface area contributed by atoms with Crippen molar-refractivity contribution in [3.8, 4) is 5.88 Å². The van der Waals surface area contributed by atoms with Crippen LogP contribution in [0.1, 0.15) is 19.4 Å². The number of nitrogens with zero attached hydrogens (tertiary/aromatic N) is 1. The number of amides is 1. The van der Waals surface area contributed by atoms with Crippen molar-refractivity contribution in [1.29, 1.82) is 0 Å². The van der Waals surface area contributed by atoms with E-state index in [0.29, 0.717) is 19.0 Å². The lowest BCUT2D eigenvalue weighted by molar-refractivity contribution is -0.128. The normalized spacial score (nSPS) is 11.1. The Bertz CT molecular complexity index is 405. The molecule has 0 saturated heterocycles. The Labute approximate surface area is 108 Å². The van der Waals surface area contributed by atoms with E-state index in [1.807, 2.05) is 26.0 Å². The zero-order valence-electron chi connectivity index (χ0n) is 11.4. The van der Waals surface area contributed by atoms with Crippen LogP contribution in [0.15, 0.2) is 18.3 Å². The van der Waals surface area contributed by atoms with Gasteiger partial charge in [-0.15, -0.1) is 0 Å². The smallest absolute Gasteiger partial charge is 0.226 e. The fourth-order valence-electron chi connectivity index (χ4n) is 1.67. The number of carbonyl (C=O) groups excluding carboxylic acids is 1. The Kier molecular flexibility index (Phi) is 5.09. The highest BCUT2D eigenvalue weighted by Gasteiger charge is 2.25. The van der Waals surface area contributed by atoms with Gasteiger partial charge in [-0.05, 0) is 19.9 Å². The first-order valence-electron chi connectivity index (χ1n) is 5.92. The van der Waals surface area contributed by atoms with Crippen LogP contribution in [0.2, 0.25) is 0 Å². The summed E-state index contributed by atoms with van der Waals surface area (Å²) in [5, 5.41) is 5.91. The molecular weight excluding hydrogens is 230 g/mol. The maximum Gasteiger partial charge on any atom is 0.226 e. The van der Waals surface area contributed by atoms with Gasteiger partial charge in [-0.1, -0.05) is 6.07 Å². The Morgan fingerprint density at radius 2 is 2.22 bits per heavy atom. The first-order valence-corrected chi connectivity index (χ1v) is 5.92. The lowest BCUT2D eigenvalue weighted by Crippen LogP contribution is -2.41. The van der Waals surface area contributed by atoms with Gasteiger partial charge < -0.3 is 15.4 Å². The minimum absolute atomic E-state index is 0.0214. The minimum Gasteiger partial charge on any atom is -0.481 e. The molecule has 0 fully saturated rings. The Balaban J connectivity index is 2.54. The monoisotopic (exact) mass is 251 g/mol. The highest BCUT2D eigenvalue weighted by molar-refractivity contribution is 5.81. The summed E-state index contributed by atoms with van der Waals surface area (Å²) in [6.07, 6.45) is 1.69. The number of aromatic nitrogens is 1. The zero-order chi connectivity index (χ0) is 13.6. The van der Waals surface area contributed by atoms with E-state index < -0.39 is 5.41 Å². The third kappa shape index (κ3) is 3.70. The predicted molar refractivity (Wildman–Crippen MR) is 70.3 cm³/mol. The molecule has 0 bridgehead atoms. The second kappa shape index (κ2) is 6.35. The molecule has 100 valence electrons. The van der Waals surface area contributed by atoms with Crippen LogP contribution in [-0.2, 0) is 11.3 Å². The lowest BCUT2D eigenvalue weighted by Gasteiger charge is -2.23. The maximum atomic E-state index is 11.6. The van der Waals surface area contributed by atoms with Gasteiger partial charge >= 0.3 is 0 Å². The predicted octanol–water partition coefficient (Wildman–Crippen LogP) is 0.952. The van der Waals surface area contributed by atoms with Crippen LogP contribution >= 0.6 is 0 Å². The van der Waals surface area contributed by atoms with Crippen molar-refractivity contribution in [2.45, 2.75) is 20.4 Å². The summed E-state index contributed by atoms with van der Waals surface area (Å²) >= 11 is 0. The molecule has 0 unspecified atom stereocenters. The van der Waals surface area contributed by atoms with Crippen LogP contribution in [0.4, 0.5) is 0 Å². The van der Waals surface area contributed by atoms with Crippen molar-refractivity contribution in [3.63, 3.8) is 0 Å². The molecule has 0 aliphatic heterocycles. The van der Waals surface area contributed by atoms with Gasteiger partial charge in [0.25, 0.3) is 0 Å². The van der Waals surface area contributed by atoms with E-state index in [1.165, 1.54) is 0 Å². The van der Waals surface area contributed by atoms with Gasteiger partial charge in [-0.25, -0.2) is 4.98 Å². The number of methoxy groups -OCH3 is 1. The van der Waals surface area contributed by atoms with E-state index in [0.717, 1.165) is 5.56 Å². The summed E-state index contributed by atoms with van der Waals surface area (Å²) in [4.78, 5) is 15.7. The van der Waals surface area contributed by atoms with Crippen molar-refractivity contribution in [2.24, 2.45) is 5.41 Å². The fraction of sp³-hybridized carbons (Fsp3) is 0.538. The third-order valence-corrected chi connectivity index (χ3v) is 2.77. The molecule has 0 aliphatic carbocycles. The number of pyridine rings is 1. The quantitative estimate of drug-likeness (QED) is 0.790. The summed E-state index contributed by atoms with van der Waals surface area (Å²) in [6.45, 7) is 5.01. The lowest BCUT2D eigenvalue weighted by atomic mass is 9.92. The summed E-state index contributed by atoms with van der Waals surface area (Å²) in [5.41, 5.74) is 0.539. The van der Waals surface area contributed by atoms with Crippen LogP contribution < -0.4 is 15.4 Å². The maximum absolute atomic E-state index is 11.6. The number of hydrogen-bond acceptors (Lipinski definition) is 4. The number of ether oxygens (including phenoxy) is 1. The largest absolute Gasteiger partial charge is 0.481 e. The summed E-state index contributed by atoms with van der Waals surface area (Å²) in [5.74, 6) is 0.635. The van der Waals surface area contributed by atoms with E-state index in [9.17, 15) is 4.79 Å². The van der Waals surface area contributed by atoms with Gasteiger partial charge in [0.1, 0.15) is 0 Å². The number of nitrogens with one attached hydrogen (secondary N) is 2. The first-order chi connectivity index (χ1) is 8.51. The molecule has 18 heavy (non-hydrogen) atoms. The molecule has 0 saturated carbocycles. The third-order valence-electron chi connectivity index (χ3n) is 2.77. The average Bonchev–Trinajstić information content (AvgIpc) is 2.38. The van der Waals surface area contributed by atoms with Crippen LogP contribution in [0.3, 0.4) is 0 Å². The molecule has 0 aliphatic rings. The number of rotatable bonds is 6. The number of carbonyl (C=O) groups is 1. The van der Waals surface area contributed by atoms with E-state index in [1.54, 1.807) is 20.4 Å². The van der Waals surface area contributed by atoms with Gasteiger partial charge in [-0.3, -0.25) is 4.79 Å². The van der Waals surface area contributed by atoms with Crippen molar-refractivity contribution in [2.75, 3.05) is 20.7 Å². The van der Waals surface area contributed by atoms with E-state index in [4.69, 9.17) is 4.74 Å². The average molecular weight is 251 g/mol. The van der Waals surface area contributed by atoms with Crippen molar-refractivity contribution < 1.29 is 9.53 Å². The molecule has 0 spiro atoms. The Morgan fingerprint density at radius 3 is 2.83 bits per heavy atom. The molecule has 5 heteroatoms. The van der Waals surface area contributed by atoms with Gasteiger partial charge in [0.05, 0.1) is 12.5 Å². The van der Waals surface area contributed by atoms with E-state index in [-0.39, 0.29) is 5.91 Å². The van der Waals surface area contributed by atoms with Crippen LogP contribution in [0.5, 0.6) is 5.88 Å². The molecule has 0 aromatic carbocycles. The zero-order valence-corrected chi connectivity index (χ0v) is 11.4. The van der Waals surface area contributed by atoms with Gasteiger partial charge in [-0.2, -0.15) is 0 Å². The molecule has 0 radical (unpaired) electrons. The number of hydrogen-bond donors (Lipinski definition) is 2. The fourth-order valence-corrected chi connectivity index (χ4v) is 1.67. The summed E-state index contributed by atoms with van der Waals surface area (Å²) < 4.78 is 5.17. The second-order valence-corrected chi connectivity index (χ2v) is 4.74. The second-order valence-electron chi connectivity index (χ2n) is 4.74. The van der Waals surface area contributed by atoms with Crippen LogP contribution in [-0.4, -0.2) is 31.6 Å². The van der Waals surface area contributed by atoms with Crippen molar-refractivity contribution >= 4 is 5.91 Å². The standard InChI is InChI=1S/C13H21N3O2/c1-13(2,12(17)14-3)9-15-8-10-6-5-7-16-11(10)18-4/h5-7,15H,8-9H2,1-4H3,(H,14,17). The van der Waals surface area contributed by atoms with Crippen LogP contribution in [0, 0.1) is 5.41 Å². The molecule has 1 aromatic rings. The first kappa shape index (κ1) is 14.4. The SMILES string of the molecule is CNC(=O)C(C)(C)CNCc1cccnc1OC. The highest BCUT2D eigenvalue weighted by Crippen LogP contribution is 2.16. The molecule has 2 N–H and O–H groups in total. The van der Waals surface area contributed by atoms with Gasteiger partial charge in [0, 0.05) is 31.9 Å².